The summed E-state index contributed by atoms with van der Waals surface area (Å²) in [6, 6.07) is 0. The zero-order chi connectivity index (χ0) is 15.5. The Balaban J connectivity index is 4.20. The maximum atomic E-state index is 11.7. The van der Waals surface area contributed by atoms with Gasteiger partial charge in [0.1, 0.15) is 0 Å². The van der Waals surface area contributed by atoms with Crippen LogP contribution in [-0.4, -0.2) is 36.0 Å². The molecule has 0 aromatic carbocycles. The van der Waals surface area contributed by atoms with Gasteiger partial charge < -0.3 is 9.53 Å². The first-order valence-corrected chi connectivity index (χ1v) is 10.5. The van der Waals surface area contributed by atoms with Gasteiger partial charge in [0, 0.05) is 11.2 Å². The summed E-state index contributed by atoms with van der Waals surface area (Å²) in [5, 5.41) is 10.1. The summed E-state index contributed by atoms with van der Waals surface area (Å²) in [6.45, 7) is 17.0. The van der Waals surface area contributed by atoms with Gasteiger partial charge in [-0.1, -0.05) is 53.3 Å². The summed E-state index contributed by atoms with van der Waals surface area (Å²) in [5.74, 6) is 0. The van der Waals surface area contributed by atoms with E-state index in [1.54, 1.807) is 0 Å². The second-order valence-corrected chi connectivity index (χ2v) is 14.2. The first kappa shape index (κ1) is 19.2. The average Bonchev–Trinajstić information content (AvgIpc) is 2.09. The van der Waals surface area contributed by atoms with Crippen molar-refractivity contribution in [2.75, 3.05) is 6.61 Å². The topological polar surface area (TPSA) is 46.5 Å². The number of carbonyl (C=O) groups is 1. The average molecular weight is 307 g/mol. The third kappa shape index (κ3) is 8.12. The zero-order valence-corrected chi connectivity index (χ0v) is 15.5. The van der Waals surface area contributed by atoms with Crippen molar-refractivity contribution in [1.29, 1.82) is 0 Å². The Hall–Kier alpha value is 0.157. The van der Waals surface area contributed by atoms with Gasteiger partial charge in [0.15, 0.2) is 13.4 Å². The standard InChI is InChI=1S/C14H30O3SSi/c1-13(2,3)18-12(16)9-11(15)10-17-19(7,8)14(4,5)6/h11,15H,9-10H2,1-8H3/t11-/m0/s1. The molecule has 1 atom stereocenters. The highest BCUT2D eigenvalue weighted by Crippen LogP contribution is 2.36. The minimum atomic E-state index is -1.84. The number of aliphatic hydroxyl groups is 1. The van der Waals surface area contributed by atoms with Crippen molar-refractivity contribution < 1.29 is 14.3 Å². The molecule has 0 bridgehead atoms. The molecule has 0 aliphatic heterocycles. The van der Waals surface area contributed by atoms with E-state index >= 15 is 0 Å². The monoisotopic (exact) mass is 306 g/mol. The van der Waals surface area contributed by atoms with Crippen molar-refractivity contribution in [1.82, 2.24) is 0 Å². The number of aliphatic hydroxyl groups excluding tert-OH is 1. The highest BCUT2D eigenvalue weighted by molar-refractivity contribution is 8.14. The van der Waals surface area contributed by atoms with Crippen LogP contribution in [-0.2, 0) is 9.22 Å². The summed E-state index contributed by atoms with van der Waals surface area (Å²) < 4.78 is 5.81. The van der Waals surface area contributed by atoms with Crippen LogP contribution >= 0.6 is 11.8 Å². The fourth-order valence-electron chi connectivity index (χ4n) is 1.16. The quantitative estimate of drug-likeness (QED) is 0.784. The van der Waals surface area contributed by atoms with Gasteiger partial charge in [-0.15, -0.1) is 0 Å². The Morgan fingerprint density at radius 1 is 1.21 bits per heavy atom. The van der Waals surface area contributed by atoms with Gasteiger partial charge in [0.25, 0.3) is 0 Å². The van der Waals surface area contributed by atoms with Crippen LogP contribution in [0.2, 0.25) is 18.1 Å². The molecule has 0 amide bonds. The van der Waals surface area contributed by atoms with Crippen LogP contribution in [0.3, 0.4) is 0 Å². The fraction of sp³-hybridized carbons (Fsp3) is 0.929. The van der Waals surface area contributed by atoms with Crippen molar-refractivity contribution in [3.05, 3.63) is 0 Å². The van der Waals surface area contributed by atoms with E-state index in [4.69, 9.17) is 4.43 Å². The Morgan fingerprint density at radius 2 is 1.68 bits per heavy atom. The molecule has 114 valence electrons. The highest BCUT2D eigenvalue weighted by atomic mass is 32.2. The van der Waals surface area contributed by atoms with Crippen molar-refractivity contribution in [2.24, 2.45) is 0 Å². The molecule has 0 heterocycles. The van der Waals surface area contributed by atoms with Crippen molar-refractivity contribution in [3.63, 3.8) is 0 Å². The summed E-state index contributed by atoms with van der Waals surface area (Å²) in [5.41, 5.74) is 0. The van der Waals surface area contributed by atoms with Crippen molar-refractivity contribution in [2.45, 2.75) is 76.9 Å². The maximum Gasteiger partial charge on any atom is 0.192 e. The lowest BCUT2D eigenvalue weighted by Gasteiger charge is -2.36. The minimum Gasteiger partial charge on any atom is -0.414 e. The maximum absolute atomic E-state index is 11.7. The highest BCUT2D eigenvalue weighted by Gasteiger charge is 2.37. The third-order valence-corrected chi connectivity index (χ3v) is 8.77. The number of thioether (sulfide) groups is 1. The Kier molecular flexibility index (Phi) is 6.80. The SMILES string of the molecule is CC(C)(C)SC(=O)C[C@H](O)CO[Si](C)(C)C(C)(C)C. The molecule has 0 aliphatic rings. The van der Waals surface area contributed by atoms with E-state index < -0.39 is 14.4 Å². The van der Waals surface area contributed by atoms with Gasteiger partial charge >= 0.3 is 0 Å². The Labute approximate surface area is 123 Å². The molecule has 0 saturated heterocycles. The van der Waals surface area contributed by atoms with E-state index in [2.05, 4.69) is 33.9 Å². The van der Waals surface area contributed by atoms with Crippen LogP contribution in [0.4, 0.5) is 0 Å². The van der Waals surface area contributed by atoms with Crippen LogP contribution in [0.15, 0.2) is 0 Å². The van der Waals surface area contributed by atoms with Crippen molar-refractivity contribution in [3.8, 4) is 0 Å². The van der Waals surface area contributed by atoms with Crippen LogP contribution in [0.25, 0.3) is 0 Å². The number of carbonyl (C=O) groups excluding carboxylic acids is 1. The molecule has 0 aromatic rings. The van der Waals surface area contributed by atoms with Gasteiger partial charge in [0.05, 0.1) is 12.7 Å². The molecule has 0 aromatic heterocycles. The van der Waals surface area contributed by atoms with E-state index in [1.807, 2.05) is 20.8 Å². The Morgan fingerprint density at radius 3 is 2.05 bits per heavy atom. The molecule has 5 heteroatoms. The molecule has 0 unspecified atom stereocenters. The lowest BCUT2D eigenvalue weighted by Crippen LogP contribution is -2.42. The summed E-state index contributed by atoms with van der Waals surface area (Å²) in [4.78, 5) is 11.7. The second-order valence-electron chi connectivity index (χ2n) is 7.52. The zero-order valence-electron chi connectivity index (χ0n) is 13.7. The van der Waals surface area contributed by atoms with Gasteiger partial charge in [-0.3, -0.25) is 4.79 Å². The molecule has 0 spiro atoms. The first-order chi connectivity index (χ1) is 8.24. The molecule has 0 saturated carbocycles. The van der Waals surface area contributed by atoms with Crippen molar-refractivity contribution >= 4 is 25.2 Å². The molecule has 0 rings (SSSR count). The molecule has 0 fully saturated rings. The van der Waals surface area contributed by atoms with Gasteiger partial charge in [-0.25, -0.2) is 0 Å². The Bertz CT molecular complexity index is 303. The van der Waals surface area contributed by atoms with Gasteiger partial charge in [-0.2, -0.15) is 0 Å². The number of hydrogen-bond donors (Lipinski definition) is 1. The smallest absolute Gasteiger partial charge is 0.192 e. The summed E-state index contributed by atoms with van der Waals surface area (Å²) in [6.07, 6.45) is -0.534. The molecular formula is C14H30O3SSi. The van der Waals surface area contributed by atoms with Gasteiger partial charge in [-0.05, 0) is 18.1 Å². The van der Waals surface area contributed by atoms with Crippen LogP contribution in [0, 0.1) is 0 Å². The fourth-order valence-corrected chi connectivity index (χ4v) is 3.16. The second kappa shape index (κ2) is 6.74. The van der Waals surface area contributed by atoms with Crippen LogP contribution in [0.5, 0.6) is 0 Å². The molecule has 0 radical (unpaired) electrons. The minimum absolute atomic E-state index is 0.0267. The van der Waals surface area contributed by atoms with E-state index in [1.165, 1.54) is 11.8 Å². The molecular weight excluding hydrogens is 276 g/mol. The number of rotatable bonds is 5. The molecule has 0 aliphatic carbocycles. The lowest BCUT2D eigenvalue weighted by molar-refractivity contribution is -0.113. The van der Waals surface area contributed by atoms with E-state index in [0.717, 1.165) is 0 Å². The predicted molar refractivity (Wildman–Crippen MR) is 86.1 cm³/mol. The van der Waals surface area contributed by atoms with E-state index in [-0.39, 0.29) is 27.9 Å². The number of hydrogen-bond acceptors (Lipinski definition) is 4. The van der Waals surface area contributed by atoms with Crippen LogP contribution in [0.1, 0.15) is 48.0 Å². The summed E-state index contributed by atoms with van der Waals surface area (Å²) in [7, 11) is -1.84. The van der Waals surface area contributed by atoms with Crippen LogP contribution < -0.4 is 0 Å². The lowest BCUT2D eigenvalue weighted by atomic mass is 10.2. The van der Waals surface area contributed by atoms with E-state index in [0.29, 0.717) is 0 Å². The molecule has 1 N–H and O–H groups in total. The molecule has 19 heavy (non-hydrogen) atoms. The van der Waals surface area contributed by atoms with Gasteiger partial charge in [0.2, 0.25) is 0 Å². The normalized spacial score (nSPS) is 15.4. The largest absolute Gasteiger partial charge is 0.414 e. The van der Waals surface area contributed by atoms with E-state index in [9.17, 15) is 9.90 Å². The summed E-state index contributed by atoms with van der Waals surface area (Å²) >= 11 is 1.28. The third-order valence-electron chi connectivity index (χ3n) is 3.27. The first-order valence-electron chi connectivity index (χ1n) is 6.78. The predicted octanol–water partition coefficient (Wildman–Crippen LogP) is 3.82. The molecule has 3 nitrogen and oxygen atoms in total.